The summed E-state index contributed by atoms with van der Waals surface area (Å²) in [5, 5.41) is 0. The minimum Gasteiger partial charge on any atom is -0.462 e. The van der Waals surface area contributed by atoms with Gasteiger partial charge in [0.25, 0.3) is 0 Å². The molecule has 1 atom stereocenters. The van der Waals surface area contributed by atoms with Crippen molar-refractivity contribution in [2.24, 2.45) is 0 Å². The van der Waals surface area contributed by atoms with Crippen molar-refractivity contribution >= 4 is 19.8 Å². The average Bonchev–Trinajstić information content (AvgIpc) is 3.05. The predicted molar refractivity (Wildman–Crippen MR) is 198 cm³/mol. The third-order valence-corrected chi connectivity index (χ3v) is 8.93. The number of phosphoric acid groups is 1. The minimum absolute atomic E-state index is 0.180. The molecular weight excluding hydrogens is 627 g/mol. The van der Waals surface area contributed by atoms with Gasteiger partial charge in [-0.3, -0.25) is 14.1 Å². The Labute approximate surface area is 294 Å². The Balaban J connectivity index is 4.00. The van der Waals surface area contributed by atoms with Crippen molar-refractivity contribution in [1.82, 2.24) is 0 Å². The van der Waals surface area contributed by atoms with Crippen LogP contribution in [-0.2, 0) is 28.2 Å². The number of phosphoric ester groups is 1. The molecule has 0 radical (unpaired) electrons. The van der Waals surface area contributed by atoms with Crippen LogP contribution in [0.3, 0.4) is 0 Å². The topological polar surface area (TPSA) is 119 Å². The molecule has 0 saturated heterocycles. The Kier molecular flexibility index (Phi) is 34.3. The molecule has 0 rings (SSSR count). The van der Waals surface area contributed by atoms with Gasteiger partial charge in [-0.2, -0.15) is 0 Å². The molecule has 0 saturated carbocycles. The lowest BCUT2D eigenvalue weighted by molar-refractivity contribution is -0.161. The summed E-state index contributed by atoms with van der Waals surface area (Å²) in [4.78, 5) is 42.7. The Morgan fingerprint density at radius 3 is 1.27 bits per heavy atom. The van der Waals surface area contributed by atoms with E-state index in [-0.39, 0.29) is 19.4 Å². The van der Waals surface area contributed by atoms with E-state index in [1.165, 1.54) is 116 Å². The fourth-order valence-corrected chi connectivity index (χ4v) is 5.84. The lowest BCUT2D eigenvalue weighted by atomic mass is 10.1. The van der Waals surface area contributed by atoms with Gasteiger partial charge in [-0.15, -0.1) is 0 Å². The summed E-state index contributed by atoms with van der Waals surface area (Å²) in [5.41, 5.74) is 0. The van der Waals surface area contributed by atoms with Crippen molar-refractivity contribution in [2.45, 2.75) is 200 Å². The first-order chi connectivity index (χ1) is 23.3. The van der Waals surface area contributed by atoms with Crippen LogP contribution in [0.15, 0.2) is 24.3 Å². The van der Waals surface area contributed by atoms with Gasteiger partial charge in [-0.1, -0.05) is 141 Å². The van der Waals surface area contributed by atoms with E-state index in [2.05, 4.69) is 42.7 Å². The van der Waals surface area contributed by atoms with Gasteiger partial charge in [0, 0.05) is 12.8 Å². The number of hydrogen-bond acceptors (Lipinski definition) is 6. The highest BCUT2D eigenvalue weighted by Crippen LogP contribution is 2.36. The van der Waals surface area contributed by atoms with Gasteiger partial charge in [-0.05, 0) is 64.2 Å². The number of rotatable bonds is 36. The van der Waals surface area contributed by atoms with Crippen molar-refractivity contribution in [3.05, 3.63) is 24.3 Å². The highest BCUT2D eigenvalue weighted by molar-refractivity contribution is 7.46. The molecular formula is C39H73O8P. The van der Waals surface area contributed by atoms with E-state index < -0.39 is 32.5 Å². The molecule has 8 nitrogen and oxygen atoms in total. The molecule has 0 amide bonds. The SMILES string of the molecule is CCCCCCCCCCC/C=C/CCCCC(=O)OC[C@H](COP(=O)(O)O)OC(=O)CCCC/C=C/CCCCCCCCCCC. The molecule has 0 aliphatic heterocycles. The maximum absolute atomic E-state index is 12.3. The Hall–Kier alpha value is -1.47. The first-order valence-corrected chi connectivity index (χ1v) is 21.2. The average molecular weight is 701 g/mol. The van der Waals surface area contributed by atoms with E-state index in [9.17, 15) is 14.2 Å². The van der Waals surface area contributed by atoms with E-state index in [0.717, 1.165) is 38.5 Å². The van der Waals surface area contributed by atoms with E-state index in [1.54, 1.807) is 0 Å². The van der Waals surface area contributed by atoms with Gasteiger partial charge in [-0.25, -0.2) is 4.57 Å². The van der Waals surface area contributed by atoms with Crippen LogP contribution >= 0.6 is 7.82 Å². The van der Waals surface area contributed by atoms with E-state index in [1.807, 2.05) is 0 Å². The van der Waals surface area contributed by atoms with Gasteiger partial charge in [0.1, 0.15) is 6.61 Å². The predicted octanol–water partition coefficient (Wildman–Crippen LogP) is 11.6. The molecule has 0 heterocycles. The number of carbonyl (C=O) groups excluding carboxylic acids is 2. The molecule has 0 aliphatic carbocycles. The van der Waals surface area contributed by atoms with Crippen molar-refractivity contribution in [3.8, 4) is 0 Å². The summed E-state index contributed by atoms with van der Waals surface area (Å²) in [6.07, 6.45) is 39.1. The Bertz CT molecular complexity index is 838. The monoisotopic (exact) mass is 701 g/mol. The summed E-state index contributed by atoms with van der Waals surface area (Å²) in [6.45, 7) is 3.65. The number of carbonyl (C=O) groups is 2. The van der Waals surface area contributed by atoms with Gasteiger partial charge in [0.15, 0.2) is 6.10 Å². The second kappa shape index (κ2) is 35.4. The van der Waals surface area contributed by atoms with Crippen LogP contribution in [0, 0.1) is 0 Å². The molecule has 0 unspecified atom stereocenters. The van der Waals surface area contributed by atoms with Crippen molar-refractivity contribution in [1.29, 1.82) is 0 Å². The smallest absolute Gasteiger partial charge is 0.462 e. The van der Waals surface area contributed by atoms with Crippen LogP contribution in [-0.4, -0.2) is 41.0 Å². The lowest BCUT2D eigenvalue weighted by Gasteiger charge is -2.18. The lowest BCUT2D eigenvalue weighted by Crippen LogP contribution is -2.29. The first-order valence-electron chi connectivity index (χ1n) is 19.6. The highest BCUT2D eigenvalue weighted by atomic mass is 31.2. The standard InChI is InChI=1S/C39H73O8P/c1-3-5-7-9-11-13-15-17-19-21-23-25-27-29-31-33-38(40)45-35-37(36-46-48(42,43)44)47-39(41)34-32-30-28-26-24-22-20-18-16-14-12-10-8-6-4-2/h23-26,37H,3-22,27-36H2,1-2H3,(H2,42,43,44)/b25-23+,26-24+/t37-/m1/s1. The molecule has 9 heteroatoms. The molecule has 0 aromatic carbocycles. The van der Waals surface area contributed by atoms with Crippen LogP contribution in [0.4, 0.5) is 0 Å². The molecule has 48 heavy (non-hydrogen) atoms. The van der Waals surface area contributed by atoms with Crippen LogP contribution in [0.25, 0.3) is 0 Å². The Morgan fingerprint density at radius 1 is 0.521 bits per heavy atom. The molecule has 2 N–H and O–H groups in total. The van der Waals surface area contributed by atoms with Crippen LogP contribution in [0.2, 0.25) is 0 Å². The molecule has 0 aromatic rings. The summed E-state index contributed by atoms with van der Waals surface area (Å²) < 4.78 is 26.3. The number of unbranched alkanes of at least 4 members (excludes halogenated alkanes) is 22. The van der Waals surface area contributed by atoms with Crippen molar-refractivity contribution in [3.63, 3.8) is 0 Å². The number of allylic oxidation sites excluding steroid dienone is 4. The summed E-state index contributed by atoms with van der Waals surface area (Å²) in [5.74, 6) is -0.932. The zero-order chi connectivity index (χ0) is 35.4. The van der Waals surface area contributed by atoms with Crippen LogP contribution in [0.5, 0.6) is 0 Å². The van der Waals surface area contributed by atoms with Gasteiger partial charge >= 0.3 is 19.8 Å². The first kappa shape index (κ1) is 46.5. The largest absolute Gasteiger partial charge is 0.469 e. The van der Waals surface area contributed by atoms with E-state index >= 15 is 0 Å². The number of hydrogen-bond donors (Lipinski definition) is 2. The van der Waals surface area contributed by atoms with Gasteiger partial charge < -0.3 is 19.3 Å². The van der Waals surface area contributed by atoms with E-state index in [4.69, 9.17) is 19.3 Å². The fourth-order valence-electron chi connectivity index (χ4n) is 5.48. The zero-order valence-electron chi connectivity index (χ0n) is 30.9. The molecule has 0 aliphatic rings. The quantitative estimate of drug-likeness (QED) is 0.0287. The second-order valence-electron chi connectivity index (χ2n) is 13.2. The minimum atomic E-state index is -4.76. The summed E-state index contributed by atoms with van der Waals surface area (Å²) >= 11 is 0. The third-order valence-electron chi connectivity index (χ3n) is 8.44. The summed E-state index contributed by atoms with van der Waals surface area (Å²) in [7, 11) is -4.76. The van der Waals surface area contributed by atoms with Crippen LogP contribution < -0.4 is 0 Å². The molecule has 0 bridgehead atoms. The van der Waals surface area contributed by atoms with E-state index in [0.29, 0.717) is 12.8 Å². The molecule has 0 fully saturated rings. The summed E-state index contributed by atoms with van der Waals surface area (Å²) in [6, 6.07) is 0. The highest BCUT2D eigenvalue weighted by Gasteiger charge is 2.22. The Morgan fingerprint density at radius 2 is 0.875 bits per heavy atom. The maximum Gasteiger partial charge on any atom is 0.469 e. The fraction of sp³-hybridized carbons (Fsp3) is 0.846. The molecule has 0 aromatic heterocycles. The molecule has 282 valence electrons. The number of esters is 2. The normalized spacial score (nSPS) is 12.7. The molecule has 0 spiro atoms. The van der Waals surface area contributed by atoms with Gasteiger partial charge in [0.2, 0.25) is 0 Å². The second-order valence-corrected chi connectivity index (χ2v) is 14.5. The van der Waals surface area contributed by atoms with Crippen molar-refractivity contribution < 1.29 is 37.9 Å². The third kappa shape index (κ3) is 37.4. The number of ether oxygens (including phenoxy) is 2. The van der Waals surface area contributed by atoms with Crippen LogP contribution in [0.1, 0.15) is 194 Å². The zero-order valence-corrected chi connectivity index (χ0v) is 31.8. The van der Waals surface area contributed by atoms with Gasteiger partial charge in [0.05, 0.1) is 6.61 Å². The maximum atomic E-state index is 12.3. The van der Waals surface area contributed by atoms with Crippen molar-refractivity contribution in [2.75, 3.05) is 13.2 Å².